The van der Waals surface area contributed by atoms with Gasteiger partial charge in [-0.15, -0.1) is 0 Å². The second-order valence-corrected chi connectivity index (χ2v) is 7.49. The zero-order valence-electron chi connectivity index (χ0n) is 17.8. The first-order valence-electron chi connectivity index (χ1n) is 10.3. The van der Waals surface area contributed by atoms with Gasteiger partial charge in [0.25, 0.3) is 5.56 Å². The molecule has 4 aromatic heterocycles. The second kappa shape index (κ2) is 8.08. The van der Waals surface area contributed by atoms with Crippen molar-refractivity contribution < 1.29 is 0 Å². The quantitative estimate of drug-likeness (QED) is 0.379. The second-order valence-electron chi connectivity index (χ2n) is 7.49. The third kappa shape index (κ3) is 3.63. The number of rotatable bonds is 5. The van der Waals surface area contributed by atoms with Gasteiger partial charge in [-0.25, -0.2) is 19.5 Å². The molecule has 164 valence electrons. The molecule has 5 aromatic rings. The van der Waals surface area contributed by atoms with Crippen molar-refractivity contribution in [2.24, 2.45) is 0 Å². The third-order valence-corrected chi connectivity index (χ3v) is 5.30. The number of benzene rings is 1. The molecule has 0 aliphatic carbocycles. The van der Waals surface area contributed by atoms with E-state index >= 15 is 0 Å². The lowest BCUT2D eigenvalue weighted by molar-refractivity contribution is 0.673. The van der Waals surface area contributed by atoms with E-state index in [1.54, 1.807) is 45.7 Å². The summed E-state index contributed by atoms with van der Waals surface area (Å²) in [5.41, 5.74) is 14.2. The monoisotopic (exact) mass is 439 g/mol. The SMILES string of the molecule is CC(Nc1ncnc(N)c1-c1ccc(N)nc1)c1nn2cccc2c(=O)n1-c1ccccc1. The van der Waals surface area contributed by atoms with Crippen molar-refractivity contribution in [1.29, 1.82) is 0 Å². The van der Waals surface area contributed by atoms with Crippen LogP contribution in [0, 0.1) is 0 Å². The largest absolute Gasteiger partial charge is 0.384 e. The first-order valence-corrected chi connectivity index (χ1v) is 10.3. The summed E-state index contributed by atoms with van der Waals surface area (Å²) in [6, 6.07) is 16.0. The van der Waals surface area contributed by atoms with E-state index in [0.717, 1.165) is 0 Å². The molecule has 0 saturated heterocycles. The standard InChI is InChI=1S/C23H21N9O/c1-14(29-21-19(20(25)27-13-28-21)15-9-10-18(24)26-12-15)22-30-31-11-5-8-17(31)23(33)32(22)16-6-3-2-4-7-16/h2-14H,1H3,(H2,24,26)(H3,25,27,28,29). The number of aromatic nitrogens is 6. The highest BCUT2D eigenvalue weighted by molar-refractivity contribution is 5.83. The van der Waals surface area contributed by atoms with Gasteiger partial charge in [-0.1, -0.05) is 18.2 Å². The Balaban J connectivity index is 1.63. The normalized spacial score (nSPS) is 12.0. The molecule has 0 saturated carbocycles. The average molecular weight is 439 g/mol. The van der Waals surface area contributed by atoms with Crippen molar-refractivity contribution in [2.45, 2.75) is 13.0 Å². The number of fused-ring (bicyclic) bond motifs is 1. The summed E-state index contributed by atoms with van der Waals surface area (Å²) in [5.74, 6) is 1.69. The predicted molar refractivity (Wildman–Crippen MR) is 127 cm³/mol. The number of anilines is 3. The zero-order valence-corrected chi connectivity index (χ0v) is 17.8. The molecule has 1 atom stereocenters. The number of nitrogens with zero attached hydrogens (tertiary/aromatic N) is 6. The smallest absolute Gasteiger partial charge is 0.282 e. The van der Waals surface area contributed by atoms with E-state index in [-0.39, 0.29) is 5.56 Å². The van der Waals surface area contributed by atoms with Gasteiger partial charge in [0.2, 0.25) is 0 Å². The van der Waals surface area contributed by atoms with E-state index in [2.05, 4.69) is 20.3 Å². The van der Waals surface area contributed by atoms with Crippen LogP contribution < -0.4 is 22.3 Å². The summed E-state index contributed by atoms with van der Waals surface area (Å²) in [4.78, 5) is 26.0. The number of para-hydroxylation sites is 1. The molecule has 5 N–H and O–H groups in total. The van der Waals surface area contributed by atoms with Gasteiger partial charge in [0.15, 0.2) is 5.82 Å². The van der Waals surface area contributed by atoms with Gasteiger partial charge < -0.3 is 16.8 Å². The van der Waals surface area contributed by atoms with Gasteiger partial charge in [-0.05, 0) is 43.3 Å². The summed E-state index contributed by atoms with van der Waals surface area (Å²) in [5, 5.41) is 8.07. The fraction of sp³-hybridized carbons (Fsp3) is 0.0870. The minimum Gasteiger partial charge on any atom is -0.384 e. The lowest BCUT2D eigenvalue weighted by Crippen LogP contribution is -2.29. The van der Waals surface area contributed by atoms with Crippen molar-refractivity contribution in [3.8, 4) is 16.8 Å². The molecule has 1 unspecified atom stereocenters. The molecule has 4 heterocycles. The summed E-state index contributed by atoms with van der Waals surface area (Å²) < 4.78 is 3.18. The maximum Gasteiger partial charge on any atom is 0.282 e. The number of hydrogen-bond acceptors (Lipinski definition) is 8. The fourth-order valence-electron chi connectivity index (χ4n) is 3.73. The van der Waals surface area contributed by atoms with Crippen LogP contribution in [0.2, 0.25) is 0 Å². The van der Waals surface area contributed by atoms with Crippen molar-refractivity contribution in [2.75, 3.05) is 16.8 Å². The van der Waals surface area contributed by atoms with Crippen LogP contribution >= 0.6 is 0 Å². The number of nitrogens with one attached hydrogen (secondary N) is 1. The summed E-state index contributed by atoms with van der Waals surface area (Å²) in [7, 11) is 0. The number of nitrogen functional groups attached to an aromatic ring is 2. The lowest BCUT2D eigenvalue weighted by Gasteiger charge is -2.21. The summed E-state index contributed by atoms with van der Waals surface area (Å²) in [6.07, 6.45) is 4.74. The molecule has 0 radical (unpaired) electrons. The zero-order chi connectivity index (χ0) is 22.9. The first kappa shape index (κ1) is 20.2. The molecule has 0 amide bonds. The number of nitrogens with two attached hydrogens (primary N) is 2. The molecular weight excluding hydrogens is 418 g/mol. The van der Waals surface area contributed by atoms with E-state index in [1.165, 1.54) is 6.33 Å². The van der Waals surface area contributed by atoms with Gasteiger partial charge in [0.1, 0.15) is 29.3 Å². The van der Waals surface area contributed by atoms with Crippen LogP contribution in [0.3, 0.4) is 0 Å². The van der Waals surface area contributed by atoms with E-state index in [0.29, 0.717) is 45.6 Å². The van der Waals surface area contributed by atoms with Gasteiger partial charge in [-0.3, -0.25) is 9.36 Å². The van der Waals surface area contributed by atoms with Crippen molar-refractivity contribution >= 4 is 23.0 Å². The molecular formula is C23H21N9O. The van der Waals surface area contributed by atoms with Gasteiger partial charge in [-0.2, -0.15) is 5.10 Å². The van der Waals surface area contributed by atoms with E-state index < -0.39 is 6.04 Å². The molecule has 5 rings (SSSR count). The van der Waals surface area contributed by atoms with Crippen LogP contribution in [0.1, 0.15) is 18.8 Å². The van der Waals surface area contributed by atoms with Gasteiger partial charge in [0.05, 0.1) is 17.3 Å². The van der Waals surface area contributed by atoms with E-state index in [1.807, 2.05) is 37.3 Å². The Morgan fingerprint density at radius 2 is 1.79 bits per heavy atom. The number of hydrogen-bond donors (Lipinski definition) is 3. The molecule has 10 heteroatoms. The molecule has 0 bridgehead atoms. The van der Waals surface area contributed by atoms with Crippen LogP contribution in [0.25, 0.3) is 22.3 Å². The first-order chi connectivity index (χ1) is 16.0. The fourth-order valence-corrected chi connectivity index (χ4v) is 3.73. The highest BCUT2D eigenvalue weighted by atomic mass is 16.1. The van der Waals surface area contributed by atoms with E-state index in [9.17, 15) is 4.79 Å². The maximum atomic E-state index is 13.4. The molecule has 10 nitrogen and oxygen atoms in total. The lowest BCUT2D eigenvalue weighted by atomic mass is 10.1. The summed E-state index contributed by atoms with van der Waals surface area (Å²) >= 11 is 0. The Morgan fingerprint density at radius 1 is 0.970 bits per heavy atom. The average Bonchev–Trinajstić information content (AvgIpc) is 3.30. The molecule has 0 spiro atoms. The topological polar surface area (TPSA) is 142 Å². The highest BCUT2D eigenvalue weighted by Crippen LogP contribution is 2.32. The Bertz CT molecular complexity index is 1490. The van der Waals surface area contributed by atoms with Gasteiger partial charge >= 0.3 is 0 Å². The molecule has 33 heavy (non-hydrogen) atoms. The molecule has 0 aliphatic heterocycles. The Morgan fingerprint density at radius 3 is 2.55 bits per heavy atom. The Hall–Kier alpha value is -4.73. The van der Waals surface area contributed by atoms with Gasteiger partial charge in [0, 0.05) is 18.0 Å². The Labute approximate surface area is 188 Å². The van der Waals surface area contributed by atoms with Crippen LogP contribution in [0.4, 0.5) is 17.5 Å². The molecule has 1 aromatic carbocycles. The predicted octanol–water partition coefficient (Wildman–Crippen LogP) is 2.67. The van der Waals surface area contributed by atoms with Crippen molar-refractivity contribution in [3.05, 3.63) is 89.5 Å². The van der Waals surface area contributed by atoms with E-state index in [4.69, 9.17) is 16.6 Å². The molecule has 0 aliphatic rings. The minimum atomic E-state index is -0.417. The van der Waals surface area contributed by atoms with Crippen LogP contribution in [-0.4, -0.2) is 29.1 Å². The minimum absolute atomic E-state index is 0.171. The highest BCUT2D eigenvalue weighted by Gasteiger charge is 2.21. The van der Waals surface area contributed by atoms with Crippen molar-refractivity contribution in [3.63, 3.8) is 0 Å². The number of pyridine rings is 1. The van der Waals surface area contributed by atoms with Crippen LogP contribution in [-0.2, 0) is 0 Å². The van der Waals surface area contributed by atoms with Crippen LogP contribution in [0.5, 0.6) is 0 Å². The molecule has 0 fully saturated rings. The van der Waals surface area contributed by atoms with Crippen molar-refractivity contribution in [1.82, 2.24) is 29.1 Å². The summed E-state index contributed by atoms with van der Waals surface area (Å²) in [6.45, 7) is 1.90. The maximum absolute atomic E-state index is 13.4. The van der Waals surface area contributed by atoms with Crippen LogP contribution in [0.15, 0.2) is 78.1 Å². The Kier molecular flexibility index (Phi) is 4.94. The third-order valence-electron chi connectivity index (χ3n) is 5.30.